The molecule has 41 heavy (non-hydrogen) atoms. The minimum Gasteiger partial charge on any atom is -0.481 e. The summed E-state index contributed by atoms with van der Waals surface area (Å²) in [4.78, 5) is 22.1. The fraction of sp³-hybridized carbons (Fsp3) is 0.226. The van der Waals surface area contributed by atoms with Crippen LogP contribution in [0.25, 0.3) is 22.3 Å². The molecule has 0 radical (unpaired) electrons. The van der Waals surface area contributed by atoms with E-state index in [0.717, 1.165) is 5.39 Å². The molecule has 6 rings (SSSR count). The Balaban J connectivity index is 1.37. The first-order chi connectivity index (χ1) is 19.7. The van der Waals surface area contributed by atoms with Gasteiger partial charge in [0.2, 0.25) is 0 Å². The number of carbonyl (C=O) groups is 1. The van der Waals surface area contributed by atoms with Crippen LogP contribution in [0.3, 0.4) is 0 Å². The van der Waals surface area contributed by atoms with Gasteiger partial charge in [0.25, 0.3) is 0 Å². The number of hydrogen-bond acceptors (Lipinski definition) is 5. The van der Waals surface area contributed by atoms with Crippen LogP contribution in [0.15, 0.2) is 67.0 Å². The summed E-state index contributed by atoms with van der Waals surface area (Å²) in [6.07, 6.45) is 2.64. The molecule has 0 saturated carbocycles. The van der Waals surface area contributed by atoms with E-state index in [1.54, 1.807) is 44.3 Å². The fourth-order valence-corrected chi connectivity index (χ4v) is 5.41. The summed E-state index contributed by atoms with van der Waals surface area (Å²) < 4.78 is 42.0. The van der Waals surface area contributed by atoms with Crippen molar-refractivity contribution in [3.05, 3.63) is 101 Å². The van der Waals surface area contributed by atoms with Crippen LogP contribution < -0.4 is 4.74 Å². The molecule has 0 aliphatic carbocycles. The van der Waals surface area contributed by atoms with Crippen molar-refractivity contribution in [2.45, 2.75) is 37.9 Å². The summed E-state index contributed by atoms with van der Waals surface area (Å²) in [7, 11) is 0. The predicted molar refractivity (Wildman–Crippen MR) is 147 cm³/mol. The van der Waals surface area contributed by atoms with Crippen molar-refractivity contribution in [3.63, 3.8) is 0 Å². The highest BCUT2D eigenvalue weighted by Gasteiger charge is 2.45. The summed E-state index contributed by atoms with van der Waals surface area (Å²) in [6.45, 7) is 3.40. The van der Waals surface area contributed by atoms with E-state index in [2.05, 4.69) is 15.0 Å². The van der Waals surface area contributed by atoms with Gasteiger partial charge in [0.1, 0.15) is 23.0 Å². The number of nitrogens with zero attached hydrogens (tertiary/aromatic N) is 1. The number of aliphatic hydroxyl groups is 1. The maximum Gasteiger partial charge on any atom is 0.310 e. The van der Waals surface area contributed by atoms with Crippen LogP contribution in [0, 0.1) is 18.6 Å². The molecule has 1 unspecified atom stereocenters. The highest BCUT2D eigenvalue weighted by molar-refractivity contribution is 5.85. The second-order valence-corrected chi connectivity index (χ2v) is 10.3. The topological polar surface area (TPSA) is 120 Å². The molecule has 8 nitrogen and oxygen atoms in total. The number of halogens is 2. The lowest BCUT2D eigenvalue weighted by Crippen LogP contribution is -2.28. The minimum absolute atomic E-state index is 0.0394. The quantitative estimate of drug-likeness (QED) is 0.190. The molecule has 3 aromatic carbocycles. The molecule has 2 aromatic heterocycles. The summed E-state index contributed by atoms with van der Waals surface area (Å²) in [5.41, 5.74) is 1.87. The van der Waals surface area contributed by atoms with E-state index in [1.165, 1.54) is 30.5 Å². The summed E-state index contributed by atoms with van der Waals surface area (Å²) in [5.74, 6) is -2.41. The van der Waals surface area contributed by atoms with Gasteiger partial charge < -0.3 is 29.7 Å². The number of carboxylic acid groups (broad SMARTS) is 1. The van der Waals surface area contributed by atoms with E-state index in [-0.39, 0.29) is 35.9 Å². The zero-order valence-corrected chi connectivity index (χ0v) is 22.2. The summed E-state index contributed by atoms with van der Waals surface area (Å²) in [5, 5.41) is 20.7. The maximum absolute atomic E-state index is 15.1. The standard InChI is InChI=1S/C31H27F2N3O5/c1-16(30(38)39)18-4-3-5-19(10-18)31(13-20(37)15-40-31)27-14-35-29(36-27)23-11-21(6-7-24(23)32)41-28-17(2)22-8-9-34-26(22)12-25(28)33/h3-12,14,16,20,34,37H,13,15H2,1-2H3,(H,35,36)(H,38,39)/t16?,20-,31-/m1/s1. The molecule has 210 valence electrons. The average molecular weight is 560 g/mol. The molecule has 5 aromatic rings. The van der Waals surface area contributed by atoms with Crippen molar-refractivity contribution < 1.29 is 33.3 Å². The number of nitrogens with one attached hydrogen (secondary N) is 2. The number of fused-ring (bicyclic) bond motifs is 1. The minimum atomic E-state index is -1.16. The molecule has 3 heterocycles. The molecule has 3 atom stereocenters. The van der Waals surface area contributed by atoms with Gasteiger partial charge in [0.05, 0.1) is 36.1 Å². The van der Waals surface area contributed by atoms with Crippen molar-refractivity contribution in [2.24, 2.45) is 0 Å². The van der Waals surface area contributed by atoms with E-state index in [9.17, 15) is 19.4 Å². The van der Waals surface area contributed by atoms with Gasteiger partial charge in [-0.25, -0.2) is 13.8 Å². The maximum atomic E-state index is 15.1. The smallest absolute Gasteiger partial charge is 0.310 e. The third-order valence-electron chi connectivity index (χ3n) is 7.70. The number of benzene rings is 3. The summed E-state index contributed by atoms with van der Waals surface area (Å²) in [6, 6.07) is 14.2. The van der Waals surface area contributed by atoms with E-state index < -0.39 is 35.2 Å². The lowest BCUT2D eigenvalue weighted by molar-refractivity contribution is -0.138. The van der Waals surface area contributed by atoms with Gasteiger partial charge in [-0.1, -0.05) is 24.3 Å². The van der Waals surface area contributed by atoms with E-state index >= 15 is 4.39 Å². The number of aliphatic hydroxyl groups excluding tert-OH is 1. The lowest BCUT2D eigenvalue weighted by Gasteiger charge is -2.28. The van der Waals surface area contributed by atoms with Crippen LogP contribution in [-0.4, -0.2) is 43.8 Å². The molecule has 4 N–H and O–H groups in total. The highest BCUT2D eigenvalue weighted by Crippen LogP contribution is 2.43. The fourth-order valence-electron chi connectivity index (χ4n) is 5.41. The van der Waals surface area contributed by atoms with Gasteiger partial charge in [0.15, 0.2) is 11.6 Å². The van der Waals surface area contributed by atoms with E-state index in [0.29, 0.717) is 27.9 Å². The second kappa shape index (κ2) is 10.1. The first-order valence-electron chi connectivity index (χ1n) is 13.1. The van der Waals surface area contributed by atoms with Crippen LogP contribution >= 0.6 is 0 Å². The number of aromatic nitrogens is 3. The molecule has 1 saturated heterocycles. The number of rotatable bonds is 7. The van der Waals surface area contributed by atoms with Crippen LogP contribution in [0.2, 0.25) is 0 Å². The normalized spacial score (nSPS) is 19.5. The molecule has 0 spiro atoms. The molecule has 1 aliphatic rings. The molecule has 1 aliphatic heterocycles. The van der Waals surface area contributed by atoms with Crippen LogP contribution in [0.1, 0.15) is 41.6 Å². The van der Waals surface area contributed by atoms with Crippen LogP contribution in [-0.2, 0) is 15.1 Å². The average Bonchev–Trinajstić information content (AvgIpc) is 3.72. The third-order valence-corrected chi connectivity index (χ3v) is 7.70. The number of aromatic amines is 2. The zero-order chi connectivity index (χ0) is 28.9. The van der Waals surface area contributed by atoms with Crippen molar-refractivity contribution in [2.75, 3.05) is 6.61 Å². The Bertz CT molecular complexity index is 1780. The largest absolute Gasteiger partial charge is 0.481 e. The number of H-pyrrole nitrogens is 2. The second-order valence-electron chi connectivity index (χ2n) is 10.3. The summed E-state index contributed by atoms with van der Waals surface area (Å²) >= 11 is 0. The number of carboxylic acids is 1. The number of imidazole rings is 1. The monoisotopic (exact) mass is 559 g/mol. The van der Waals surface area contributed by atoms with Gasteiger partial charge in [-0.15, -0.1) is 0 Å². The first-order valence-corrected chi connectivity index (χ1v) is 13.1. The first kappa shape index (κ1) is 26.7. The van der Waals surface area contributed by atoms with Crippen molar-refractivity contribution in [3.8, 4) is 22.9 Å². The zero-order valence-electron chi connectivity index (χ0n) is 22.2. The highest BCUT2D eigenvalue weighted by atomic mass is 19.1. The predicted octanol–water partition coefficient (Wildman–Crippen LogP) is 6.15. The van der Waals surface area contributed by atoms with Crippen molar-refractivity contribution >= 4 is 16.9 Å². The molecule has 1 fully saturated rings. The number of aliphatic carboxylic acids is 1. The Morgan fingerprint density at radius 1 is 1.17 bits per heavy atom. The Labute approximate surface area is 233 Å². The van der Waals surface area contributed by atoms with Gasteiger partial charge in [0, 0.05) is 35.2 Å². The van der Waals surface area contributed by atoms with Gasteiger partial charge >= 0.3 is 5.97 Å². The number of ether oxygens (including phenoxy) is 2. The molecule has 0 amide bonds. The molecular weight excluding hydrogens is 532 g/mol. The molecular formula is C31H27F2N3O5. The Hall–Kier alpha value is -4.54. The Morgan fingerprint density at radius 3 is 2.76 bits per heavy atom. The Morgan fingerprint density at radius 2 is 2.00 bits per heavy atom. The molecule has 10 heteroatoms. The number of hydrogen-bond donors (Lipinski definition) is 4. The SMILES string of the molecule is Cc1c(Oc2ccc(F)c(-c3ncc([C@]4(c5cccc(C(C)C(=O)O)c5)C[C@@H](O)CO4)[nH]3)c2)c(F)cc2[nH]ccc12. The van der Waals surface area contributed by atoms with Crippen LogP contribution in [0.5, 0.6) is 11.5 Å². The lowest BCUT2D eigenvalue weighted by atomic mass is 9.85. The van der Waals surface area contributed by atoms with E-state index in [1.807, 2.05) is 6.07 Å². The van der Waals surface area contributed by atoms with Crippen molar-refractivity contribution in [1.29, 1.82) is 0 Å². The van der Waals surface area contributed by atoms with Crippen molar-refractivity contribution in [1.82, 2.24) is 15.0 Å². The van der Waals surface area contributed by atoms with E-state index in [4.69, 9.17) is 9.47 Å². The number of aryl methyl sites for hydroxylation is 1. The van der Waals surface area contributed by atoms with Gasteiger partial charge in [-0.2, -0.15) is 0 Å². The Kier molecular flexibility index (Phi) is 6.59. The van der Waals surface area contributed by atoms with Gasteiger partial charge in [-0.05, 0) is 49.2 Å². The van der Waals surface area contributed by atoms with Crippen LogP contribution in [0.4, 0.5) is 8.78 Å². The molecule has 0 bridgehead atoms. The third kappa shape index (κ3) is 4.64. The van der Waals surface area contributed by atoms with Gasteiger partial charge in [-0.3, -0.25) is 4.79 Å².